The molecule has 1 atom stereocenters. The van der Waals surface area contributed by atoms with Gasteiger partial charge in [0.15, 0.2) is 5.75 Å². The zero-order valence-corrected chi connectivity index (χ0v) is 11.6. The van der Waals surface area contributed by atoms with Gasteiger partial charge < -0.3 is 16.2 Å². The van der Waals surface area contributed by atoms with Crippen molar-refractivity contribution in [2.75, 3.05) is 5.73 Å². The fourth-order valence-corrected chi connectivity index (χ4v) is 2.10. The molecule has 1 aromatic carbocycles. The summed E-state index contributed by atoms with van der Waals surface area (Å²) >= 11 is 6.05. The first-order valence-electron chi connectivity index (χ1n) is 5.86. The zero-order chi connectivity index (χ0) is 13.9. The molecule has 0 spiro atoms. The largest absolute Gasteiger partial charge is 0.488 e. The maximum atomic E-state index is 11.4. The molecule has 0 radical (unpaired) electrons. The third-order valence-electron chi connectivity index (χ3n) is 2.45. The summed E-state index contributed by atoms with van der Waals surface area (Å²) in [5.41, 5.74) is 11.5. The van der Waals surface area contributed by atoms with E-state index < -0.39 is 5.91 Å². The Balaban J connectivity index is 3.03. The Morgan fingerprint density at radius 2 is 2.00 bits per heavy atom. The highest BCUT2D eigenvalue weighted by Gasteiger charge is 2.17. The number of benzene rings is 1. The number of hydrogen-bond donors (Lipinski definition) is 2. The van der Waals surface area contributed by atoms with Crippen LogP contribution in [-0.2, 0) is 0 Å². The van der Waals surface area contributed by atoms with Gasteiger partial charge in [-0.25, -0.2) is 0 Å². The van der Waals surface area contributed by atoms with E-state index >= 15 is 0 Å². The van der Waals surface area contributed by atoms with Crippen LogP contribution in [0.2, 0.25) is 5.02 Å². The Hall–Kier alpha value is -1.42. The maximum Gasteiger partial charge on any atom is 0.252 e. The van der Waals surface area contributed by atoms with Gasteiger partial charge in [-0.15, -0.1) is 0 Å². The first-order chi connectivity index (χ1) is 8.31. The second-order valence-corrected chi connectivity index (χ2v) is 5.21. The van der Waals surface area contributed by atoms with E-state index in [0.29, 0.717) is 22.4 Å². The number of ether oxygens (including phenoxy) is 1. The molecule has 4 nitrogen and oxygen atoms in total. The fourth-order valence-electron chi connectivity index (χ4n) is 1.83. The predicted octanol–water partition coefficient (Wildman–Crippen LogP) is 2.83. The van der Waals surface area contributed by atoms with Crippen LogP contribution in [-0.4, -0.2) is 12.0 Å². The summed E-state index contributed by atoms with van der Waals surface area (Å²) < 4.78 is 5.72. The van der Waals surface area contributed by atoms with Crippen LogP contribution in [0.5, 0.6) is 5.75 Å². The van der Waals surface area contributed by atoms with Gasteiger partial charge in [-0.3, -0.25) is 4.79 Å². The lowest BCUT2D eigenvalue weighted by atomic mass is 10.1. The Kier molecular flexibility index (Phi) is 4.84. The standard InChI is InChI=1S/C13H19ClN2O2/c1-7(2)4-8(3)18-12-10(13(16)17)5-9(15)6-11(12)14/h5-8H,4,15H2,1-3H3,(H2,16,17). The van der Waals surface area contributed by atoms with Crippen molar-refractivity contribution in [2.45, 2.75) is 33.3 Å². The van der Waals surface area contributed by atoms with Crippen LogP contribution in [0, 0.1) is 5.92 Å². The van der Waals surface area contributed by atoms with Crippen LogP contribution in [0.15, 0.2) is 12.1 Å². The van der Waals surface area contributed by atoms with Crippen molar-refractivity contribution in [2.24, 2.45) is 11.7 Å². The topological polar surface area (TPSA) is 78.3 Å². The molecule has 0 heterocycles. The Labute approximate surface area is 112 Å². The van der Waals surface area contributed by atoms with Crippen LogP contribution in [0.3, 0.4) is 0 Å². The molecular weight excluding hydrogens is 252 g/mol. The van der Waals surface area contributed by atoms with Gasteiger partial charge in [0.1, 0.15) is 0 Å². The van der Waals surface area contributed by atoms with Crippen LogP contribution < -0.4 is 16.2 Å². The van der Waals surface area contributed by atoms with Crippen molar-refractivity contribution in [1.29, 1.82) is 0 Å². The quantitative estimate of drug-likeness (QED) is 0.808. The molecule has 1 rings (SSSR count). The molecule has 1 aromatic rings. The van der Waals surface area contributed by atoms with E-state index in [-0.39, 0.29) is 11.7 Å². The Bertz CT molecular complexity index is 447. The summed E-state index contributed by atoms with van der Waals surface area (Å²) in [5, 5.41) is 0.305. The average molecular weight is 271 g/mol. The van der Waals surface area contributed by atoms with Gasteiger partial charge in [0, 0.05) is 5.69 Å². The van der Waals surface area contributed by atoms with Crippen molar-refractivity contribution < 1.29 is 9.53 Å². The molecule has 100 valence electrons. The molecule has 0 saturated heterocycles. The van der Waals surface area contributed by atoms with Gasteiger partial charge in [0.05, 0.1) is 16.7 Å². The van der Waals surface area contributed by atoms with E-state index in [4.69, 9.17) is 27.8 Å². The number of carbonyl (C=O) groups is 1. The number of anilines is 1. The lowest BCUT2D eigenvalue weighted by Gasteiger charge is -2.19. The van der Waals surface area contributed by atoms with Gasteiger partial charge in [0.2, 0.25) is 0 Å². The molecular formula is C13H19ClN2O2. The number of rotatable bonds is 5. The first-order valence-corrected chi connectivity index (χ1v) is 6.24. The molecule has 5 heteroatoms. The molecule has 4 N–H and O–H groups in total. The molecule has 18 heavy (non-hydrogen) atoms. The maximum absolute atomic E-state index is 11.4. The number of hydrogen-bond acceptors (Lipinski definition) is 3. The molecule has 0 fully saturated rings. The lowest BCUT2D eigenvalue weighted by Crippen LogP contribution is -2.19. The van der Waals surface area contributed by atoms with Crippen molar-refractivity contribution >= 4 is 23.2 Å². The van der Waals surface area contributed by atoms with Crippen LogP contribution in [0.4, 0.5) is 5.69 Å². The number of amides is 1. The molecule has 1 unspecified atom stereocenters. The van der Waals surface area contributed by atoms with E-state index in [1.165, 1.54) is 6.07 Å². The summed E-state index contributed by atoms with van der Waals surface area (Å²) in [6.07, 6.45) is 0.808. The van der Waals surface area contributed by atoms with Gasteiger partial charge in [-0.1, -0.05) is 25.4 Å². The van der Waals surface area contributed by atoms with E-state index in [9.17, 15) is 4.79 Å². The molecule has 0 aliphatic rings. The average Bonchev–Trinajstić information content (AvgIpc) is 2.20. The van der Waals surface area contributed by atoms with Crippen molar-refractivity contribution in [3.8, 4) is 5.75 Å². The second-order valence-electron chi connectivity index (χ2n) is 4.80. The van der Waals surface area contributed by atoms with Crippen LogP contribution in [0.25, 0.3) is 0 Å². The minimum Gasteiger partial charge on any atom is -0.488 e. The zero-order valence-electron chi connectivity index (χ0n) is 10.9. The fraction of sp³-hybridized carbons (Fsp3) is 0.462. The minimum absolute atomic E-state index is 0.0516. The summed E-state index contributed by atoms with van der Waals surface area (Å²) in [5.74, 6) is 0.201. The van der Waals surface area contributed by atoms with Gasteiger partial charge >= 0.3 is 0 Å². The second kappa shape index (κ2) is 5.96. The van der Waals surface area contributed by atoms with Crippen molar-refractivity contribution in [1.82, 2.24) is 0 Å². The normalized spacial score (nSPS) is 12.5. The molecule has 1 amide bonds. The van der Waals surface area contributed by atoms with E-state index in [1.54, 1.807) is 6.07 Å². The highest BCUT2D eigenvalue weighted by molar-refractivity contribution is 6.33. The van der Waals surface area contributed by atoms with Gasteiger partial charge in [-0.2, -0.15) is 0 Å². The summed E-state index contributed by atoms with van der Waals surface area (Å²) in [6, 6.07) is 3.02. The molecule has 0 aliphatic heterocycles. The first kappa shape index (κ1) is 14.6. The van der Waals surface area contributed by atoms with Gasteiger partial charge in [-0.05, 0) is 31.4 Å². The van der Waals surface area contributed by atoms with Crippen molar-refractivity contribution in [3.63, 3.8) is 0 Å². The van der Waals surface area contributed by atoms with E-state index in [1.807, 2.05) is 6.92 Å². The summed E-state index contributed by atoms with van der Waals surface area (Å²) in [6.45, 7) is 6.12. The molecule has 0 bridgehead atoms. The Morgan fingerprint density at radius 3 is 2.50 bits per heavy atom. The molecule has 0 aromatic heterocycles. The van der Waals surface area contributed by atoms with E-state index in [0.717, 1.165) is 6.42 Å². The SMILES string of the molecule is CC(C)CC(C)Oc1c(Cl)cc(N)cc1C(N)=O. The molecule has 0 aliphatic carbocycles. The van der Waals surface area contributed by atoms with Crippen molar-refractivity contribution in [3.05, 3.63) is 22.7 Å². The van der Waals surface area contributed by atoms with Crippen LogP contribution in [0.1, 0.15) is 37.6 Å². The third kappa shape index (κ3) is 3.81. The summed E-state index contributed by atoms with van der Waals surface area (Å²) in [7, 11) is 0. The predicted molar refractivity (Wildman–Crippen MR) is 73.9 cm³/mol. The minimum atomic E-state index is -0.601. The molecule has 0 saturated carbocycles. The highest BCUT2D eigenvalue weighted by atomic mass is 35.5. The van der Waals surface area contributed by atoms with Crippen LogP contribution >= 0.6 is 11.6 Å². The highest BCUT2D eigenvalue weighted by Crippen LogP contribution is 2.32. The summed E-state index contributed by atoms with van der Waals surface area (Å²) in [4.78, 5) is 11.4. The smallest absolute Gasteiger partial charge is 0.252 e. The monoisotopic (exact) mass is 270 g/mol. The number of nitrogens with two attached hydrogens (primary N) is 2. The van der Waals surface area contributed by atoms with E-state index in [2.05, 4.69) is 13.8 Å². The lowest BCUT2D eigenvalue weighted by molar-refractivity contribution is 0.0992. The van der Waals surface area contributed by atoms with Gasteiger partial charge in [0.25, 0.3) is 5.91 Å². The number of halogens is 1. The number of carbonyl (C=O) groups excluding carboxylic acids is 1. The number of nitrogen functional groups attached to an aromatic ring is 1. The Morgan fingerprint density at radius 1 is 1.39 bits per heavy atom. The third-order valence-corrected chi connectivity index (χ3v) is 2.73. The number of primary amides is 1.